The Labute approximate surface area is 144 Å². The van der Waals surface area contributed by atoms with E-state index in [1.54, 1.807) is 33.1 Å². The fourth-order valence-corrected chi connectivity index (χ4v) is 4.71. The third-order valence-electron chi connectivity index (χ3n) is 3.44. The summed E-state index contributed by atoms with van der Waals surface area (Å²) in [6.07, 6.45) is 0.337. The molecule has 0 aromatic heterocycles. The standard InChI is InChI=1S/C16H28O5SSi/c1-18-23(19-2,20-3)11-7-10-21-12-16(17)14-22-13-15-8-5-4-6-9-15/h4-6,8-9,16-17H,7,10-14H2,1-3H3. The van der Waals surface area contributed by atoms with Gasteiger partial charge in [-0.1, -0.05) is 30.3 Å². The van der Waals surface area contributed by atoms with Crippen LogP contribution in [0.2, 0.25) is 6.04 Å². The first kappa shape index (κ1) is 20.6. The zero-order valence-electron chi connectivity index (χ0n) is 14.2. The number of benzene rings is 1. The van der Waals surface area contributed by atoms with Crippen LogP contribution in [0.15, 0.2) is 30.3 Å². The SMILES string of the molecule is CO[Si](CCCOCC(O)CSCc1ccccc1)(OC)OC. The second kappa shape index (κ2) is 12.0. The van der Waals surface area contributed by atoms with Crippen molar-refractivity contribution in [3.63, 3.8) is 0 Å². The Hall–Kier alpha value is -0.413. The fraction of sp³-hybridized carbons (Fsp3) is 0.625. The molecule has 1 N–H and O–H groups in total. The average Bonchev–Trinajstić information content (AvgIpc) is 2.59. The third kappa shape index (κ3) is 8.30. The molecule has 132 valence electrons. The molecule has 0 fully saturated rings. The van der Waals surface area contributed by atoms with Crippen LogP contribution in [0, 0.1) is 0 Å². The van der Waals surface area contributed by atoms with Crippen molar-refractivity contribution in [2.24, 2.45) is 0 Å². The second-order valence-electron chi connectivity index (χ2n) is 5.13. The molecule has 23 heavy (non-hydrogen) atoms. The fourth-order valence-electron chi connectivity index (χ4n) is 2.10. The zero-order chi connectivity index (χ0) is 17.0. The molecular formula is C16H28O5SSi. The topological polar surface area (TPSA) is 57.2 Å². The molecule has 0 aliphatic carbocycles. The monoisotopic (exact) mass is 360 g/mol. The minimum absolute atomic E-state index is 0.350. The van der Waals surface area contributed by atoms with E-state index in [1.807, 2.05) is 18.2 Å². The summed E-state index contributed by atoms with van der Waals surface area (Å²) in [6.45, 7) is 0.911. The first-order chi connectivity index (χ1) is 11.2. The summed E-state index contributed by atoms with van der Waals surface area (Å²) in [5.41, 5.74) is 1.27. The lowest BCUT2D eigenvalue weighted by Gasteiger charge is -2.24. The molecule has 1 rings (SSSR count). The van der Waals surface area contributed by atoms with Crippen molar-refractivity contribution in [3.05, 3.63) is 35.9 Å². The highest BCUT2D eigenvalue weighted by molar-refractivity contribution is 7.98. The Balaban J connectivity index is 2.06. The van der Waals surface area contributed by atoms with Gasteiger partial charge in [-0.25, -0.2) is 0 Å². The van der Waals surface area contributed by atoms with Gasteiger partial charge in [-0.3, -0.25) is 0 Å². The van der Waals surface area contributed by atoms with Gasteiger partial charge >= 0.3 is 8.80 Å². The number of hydrogen-bond donors (Lipinski definition) is 1. The van der Waals surface area contributed by atoms with Crippen molar-refractivity contribution >= 4 is 20.6 Å². The molecule has 0 heterocycles. The lowest BCUT2D eigenvalue weighted by atomic mass is 10.2. The highest BCUT2D eigenvalue weighted by Gasteiger charge is 2.36. The van der Waals surface area contributed by atoms with Crippen molar-refractivity contribution < 1.29 is 23.1 Å². The summed E-state index contributed by atoms with van der Waals surface area (Å²) in [4.78, 5) is 0. The van der Waals surface area contributed by atoms with E-state index in [4.69, 9.17) is 18.0 Å². The molecule has 1 aromatic rings. The molecule has 0 aliphatic heterocycles. The van der Waals surface area contributed by atoms with Crippen molar-refractivity contribution in [1.29, 1.82) is 0 Å². The Kier molecular flexibility index (Phi) is 10.8. The van der Waals surface area contributed by atoms with Gasteiger partial charge in [0.25, 0.3) is 0 Å². The van der Waals surface area contributed by atoms with Gasteiger partial charge in [-0.05, 0) is 12.0 Å². The summed E-state index contributed by atoms with van der Waals surface area (Å²) >= 11 is 1.71. The normalized spacial score (nSPS) is 13.2. The highest BCUT2D eigenvalue weighted by Crippen LogP contribution is 2.15. The van der Waals surface area contributed by atoms with Gasteiger partial charge in [0.1, 0.15) is 0 Å². The van der Waals surface area contributed by atoms with E-state index in [0.717, 1.165) is 12.2 Å². The summed E-state index contributed by atoms with van der Waals surface area (Å²) in [5, 5.41) is 9.91. The molecule has 7 heteroatoms. The van der Waals surface area contributed by atoms with Gasteiger partial charge < -0.3 is 23.1 Å². The number of thioether (sulfide) groups is 1. The smallest absolute Gasteiger partial charge is 0.390 e. The van der Waals surface area contributed by atoms with Crippen LogP contribution in [0.5, 0.6) is 0 Å². The van der Waals surface area contributed by atoms with E-state index in [1.165, 1.54) is 5.56 Å². The average molecular weight is 361 g/mol. The predicted octanol–water partition coefficient (Wildman–Crippen LogP) is 2.57. The van der Waals surface area contributed by atoms with Crippen LogP contribution in [-0.4, -0.2) is 60.3 Å². The van der Waals surface area contributed by atoms with Crippen molar-refractivity contribution in [3.8, 4) is 0 Å². The van der Waals surface area contributed by atoms with E-state index in [2.05, 4.69) is 12.1 Å². The Morgan fingerprint density at radius 2 is 1.74 bits per heavy atom. The first-order valence-corrected chi connectivity index (χ1v) is 10.8. The van der Waals surface area contributed by atoms with Crippen LogP contribution in [0.3, 0.4) is 0 Å². The Morgan fingerprint density at radius 1 is 1.09 bits per heavy atom. The minimum atomic E-state index is -2.50. The molecule has 0 radical (unpaired) electrons. The molecule has 1 unspecified atom stereocenters. The lowest BCUT2D eigenvalue weighted by Crippen LogP contribution is -2.42. The van der Waals surface area contributed by atoms with Gasteiger partial charge in [-0.2, -0.15) is 11.8 Å². The second-order valence-corrected chi connectivity index (χ2v) is 9.25. The molecule has 0 saturated heterocycles. The summed E-state index contributed by atoms with van der Waals surface area (Å²) < 4.78 is 21.6. The number of aliphatic hydroxyl groups is 1. The molecule has 0 bridgehead atoms. The number of rotatable bonds is 13. The van der Waals surface area contributed by atoms with E-state index < -0.39 is 14.9 Å². The van der Waals surface area contributed by atoms with E-state index in [0.29, 0.717) is 25.0 Å². The lowest BCUT2D eigenvalue weighted by molar-refractivity contribution is 0.0462. The molecule has 0 spiro atoms. The van der Waals surface area contributed by atoms with Gasteiger partial charge in [0.05, 0.1) is 12.7 Å². The maximum atomic E-state index is 9.91. The van der Waals surface area contributed by atoms with Gasteiger partial charge in [0.15, 0.2) is 0 Å². The van der Waals surface area contributed by atoms with Crippen molar-refractivity contribution in [2.75, 3.05) is 40.3 Å². The number of aliphatic hydroxyl groups excluding tert-OH is 1. The summed E-state index contributed by atoms with van der Waals surface area (Å²) in [5.74, 6) is 1.57. The Bertz CT molecular complexity index is 394. The summed E-state index contributed by atoms with van der Waals surface area (Å²) in [6, 6.07) is 10.9. The van der Waals surface area contributed by atoms with Crippen LogP contribution >= 0.6 is 11.8 Å². The van der Waals surface area contributed by atoms with Crippen molar-refractivity contribution in [1.82, 2.24) is 0 Å². The van der Waals surface area contributed by atoms with Gasteiger partial charge in [-0.15, -0.1) is 0 Å². The first-order valence-electron chi connectivity index (χ1n) is 7.68. The molecule has 1 aromatic carbocycles. The van der Waals surface area contributed by atoms with Gasteiger partial charge in [0, 0.05) is 45.5 Å². The van der Waals surface area contributed by atoms with Crippen LogP contribution in [0.25, 0.3) is 0 Å². The number of hydrogen-bond acceptors (Lipinski definition) is 6. The maximum Gasteiger partial charge on any atom is 0.500 e. The van der Waals surface area contributed by atoms with Crippen LogP contribution in [0.1, 0.15) is 12.0 Å². The molecule has 0 amide bonds. The Morgan fingerprint density at radius 3 is 2.35 bits per heavy atom. The van der Waals surface area contributed by atoms with E-state index in [-0.39, 0.29) is 0 Å². The zero-order valence-corrected chi connectivity index (χ0v) is 16.0. The molecule has 1 atom stereocenters. The van der Waals surface area contributed by atoms with Crippen molar-refractivity contribution in [2.45, 2.75) is 24.3 Å². The molecular weight excluding hydrogens is 332 g/mol. The maximum absolute atomic E-state index is 9.91. The van der Waals surface area contributed by atoms with Crippen LogP contribution in [-0.2, 0) is 23.8 Å². The predicted molar refractivity (Wildman–Crippen MR) is 95.6 cm³/mol. The minimum Gasteiger partial charge on any atom is -0.390 e. The molecule has 0 aliphatic rings. The van der Waals surface area contributed by atoms with E-state index in [9.17, 15) is 5.11 Å². The third-order valence-corrected chi connectivity index (χ3v) is 7.43. The molecule has 0 saturated carbocycles. The highest BCUT2D eigenvalue weighted by atomic mass is 32.2. The van der Waals surface area contributed by atoms with Crippen LogP contribution < -0.4 is 0 Å². The summed E-state index contributed by atoms with van der Waals surface area (Å²) in [7, 11) is 2.32. The van der Waals surface area contributed by atoms with Gasteiger partial charge in [0.2, 0.25) is 0 Å². The van der Waals surface area contributed by atoms with Crippen LogP contribution in [0.4, 0.5) is 0 Å². The number of ether oxygens (including phenoxy) is 1. The molecule has 5 nitrogen and oxygen atoms in total. The van der Waals surface area contributed by atoms with E-state index >= 15 is 0 Å². The largest absolute Gasteiger partial charge is 0.500 e. The quantitative estimate of drug-likeness (QED) is 0.431.